The maximum Gasteiger partial charge on any atom is 0.250 e. The SMILES string of the molecule is CSCC(C)N(C)c1ccc(N)c(C(N)=O)c1. The van der Waals surface area contributed by atoms with E-state index in [0.29, 0.717) is 17.3 Å². The van der Waals surface area contributed by atoms with E-state index in [1.165, 1.54) is 0 Å². The Morgan fingerprint density at radius 2 is 2.18 bits per heavy atom. The van der Waals surface area contributed by atoms with Gasteiger partial charge in [0, 0.05) is 30.2 Å². The number of thioether (sulfide) groups is 1. The predicted molar refractivity (Wildman–Crippen MR) is 75.6 cm³/mol. The first kappa shape index (κ1) is 13.7. The number of benzene rings is 1. The van der Waals surface area contributed by atoms with Crippen molar-refractivity contribution in [1.82, 2.24) is 0 Å². The van der Waals surface area contributed by atoms with Crippen molar-refractivity contribution in [3.63, 3.8) is 0 Å². The van der Waals surface area contributed by atoms with Crippen LogP contribution in [0.25, 0.3) is 0 Å². The minimum absolute atomic E-state index is 0.380. The summed E-state index contributed by atoms with van der Waals surface area (Å²) in [5.74, 6) is 0.530. The van der Waals surface area contributed by atoms with Gasteiger partial charge in [0.15, 0.2) is 0 Å². The van der Waals surface area contributed by atoms with E-state index in [2.05, 4.69) is 18.1 Å². The molecular formula is C12H19N3OS. The number of amides is 1. The molecule has 0 heterocycles. The Kier molecular flexibility index (Phi) is 4.69. The van der Waals surface area contributed by atoms with Crippen molar-refractivity contribution in [2.24, 2.45) is 5.73 Å². The molecule has 0 saturated carbocycles. The second-order valence-corrected chi connectivity index (χ2v) is 4.96. The third-order valence-electron chi connectivity index (χ3n) is 2.78. The van der Waals surface area contributed by atoms with Gasteiger partial charge in [-0.2, -0.15) is 11.8 Å². The predicted octanol–water partition coefficient (Wildman–Crippen LogP) is 1.56. The zero-order valence-electron chi connectivity index (χ0n) is 10.4. The van der Waals surface area contributed by atoms with E-state index < -0.39 is 5.91 Å². The van der Waals surface area contributed by atoms with Crippen LogP contribution in [0.5, 0.6) is 0 Å². The smallest absolute Gasteiger partial charge is 0.250 e. The molecular weight excluding hydrogens is 234 g/mol. The zero-order chi connectivity index (χ0) is 13.0. The lowest BCUT2D eigenvalue weighted by atomic mass is 10.1. The molecule has 17 heavy (non-hydrogen) atoms. The number of carbonyl (C=O) groups excluding carboxylic acids is 1. The third-order valence-corrected chi connectivity index (χ3v) is 3.59. The Labute approximate surface area is 106 Å². The Morgan fingerprint density at radius 3 is 2.71 bits per heavy atom. The highest BCUT2D eigenvalue weighted by molar-refractivity contribution is 7.98. The van der Waals surface area contributed by atoms with Crippen molar-refractivity contribution >= 4 is 29.0 Å². The van der Waals surface area contributed by atoms with Gasteiger partial charge in [-0.3, -0.25) is 4.79 Å². The standard InChI is InChI=1S/C12H19N3OS/c1-8(7-17-3)15(2)9-4-5-11(13)10(6-9)12(14)16/h4-6,8H,7,13H2,1-3H3,(H2,14,16). The number of hydrogen-bond acceptors (Lipinski definition) is 4. The molecule has 5 heteroatoms. The molecule has 0 spiro atoms. The van der Waals surface area contributed by atoms with Crippen LogP contribution < -0.4 is 16.4 Å². The molecule has 1 rings (SSSR count). The van der Waals surface area contributed by atoms with Crippen molar-refractivity contribution in [3.05, 3.63) is 23.8 Å². The van der Waals surface area contributed by atoms with E-state index in [1.54, 1.807) is 23.9 Å². The second kappa shape index (κ2) is 5.82. The molecule has 0 aliphatic carbocycles. The molecule has 1 aromatic carbocycles. The summed E-state index contributed by atoms with van der Waals surface area (Å²) in [5, 5.41) is 0. The van der Waals surface area contributed by atoms with Crippen LogP contribution >= 0.6 is 11.8 Å². The van der Waals surface area contributed by atoms with Crippen molar-refractivity contribution in [3.8, 4) is 0 Å². The fraction of sp³-hybridized carbons (Fsp3) is 0.417. The summed E-state index contributed by atoms with van der Waals surface area (Å²) < 4.78 is 0. The van der Waals surface area contributed by atoms with Gasteiger partial charge in [0.1, 0.15) is 0 Å². The lowest BCUT2D eigenvalue weighted by Crippen LogP contribution is -2.31. The second-order valence-electron chi connectivity index (χ2n) is 4.05. The number of nitrogens with zero attached hydrogens (tertiary/aromatic N) is 1. The summed E-state index contributed by atoms with van der Waals surface area (Å²) in [4.78, 5) is 13.3. The number of hydrogen-bond donors (Lipinski definition) is 2. The van der Waals surface area contributed by atoms with Gasteiger partial charge in [-0.15, -0.1) is 0 Å². The van der Waals surface area contributed by atoms with Crippen LogP contribution in [0, 0.1) is 0 Å². The average Bonchev–Trinajstić information content (AvgIpc) is 2.28. The van der Waals surface area contributed by atoms with E-state index >= 15 is 0 Å². The lowest BCUT2D eigenvalue weighted by molar-refractivity contribution is 0.100. The summed E-state index contributed by atoms with van der Waals surface area (Å²) in [6, 6.07) is 5.75. The minimum Gasteiger partial charge on any atom is -0.398 e. The van der Waals surface area contributed by atoms with E-state index in [9.17, 15) is 4.79 Å². The van der Waals surface area contributed by atoms with Gasteiger partial charge in [0.2, 0.25) is 0 Å². The van der Waals surface area contributed by atoms with Gasteiger partial charge in [-0.1, -0.05) is 0 Å². The lowest BCUT2D eigenvalue weighted by Gasteiger charge is -2.27. The Hall–Kier alpha value is -1.36. The first-order valence-corrected chi connectivity index (χ1v) is 6.77. The van der Waals surface area contributed by atoms with Crippen LogP contribution in [0.1, 0.15) is 17.3 Å². The van der Waals surface area contributed by atoms with Crippen LogP contribution in [0.3, 0.4) is 0 Å². The molecule has 0 bridgehead atoms. The van der Waals surface area contributed by atoms with Crippen molar-refractivity contribution < 1.29 is 4.79 Å². The van der Waals surface area contributed by atoms with E-state index in [1.807, 2.05) is 13.1 Å². The number of carbonyl (C=O) groups is 1. The van der Waals surface area contributed by atoms with Gasteiger partial charge >= 0.3 is 0 Å². The maximum atomic E-state index is 11.2. The van der Waals surface area contributed by atoms with Gasteiger partial charge < -0.3 is 16.4 Å². The molecule has 0 saturated heterocycles. The summed E-state index contributed by atoms with van der Waals surface area (Å²) in [6.07, 6.45) is 2.07. The monoisotopic (exact) mass is 253 g/mol. The Bertz CT molecular complexity index is 409. The summed E-state index contributed by atoms with van der Waals surface area (Å²) in [7, 11) is 2.00. The molecule has 0 radical (unpaired) electrons. The number of anilines is 2. The molecule has 0 aliphatic rings. The summed E-state index contributed by atoms with van der Waals surface area (Å²) >= 11 is 1.79. The van der Waals surface area contributed by atoms with Crippen LogP contribution in [0.2, 0.25) is 0 Å². The molecule has 94 valence electrons. The fourth-order valence-electron chi connectivity index (χ4n) is 1.58. The van der Waals surface area contributed by atoms with Gasteiger partial charge in [-0.05, 0) is 31.4 Å². The number of nitrogens with two attached hydrogens (primary N) is 2. The molecule has 0 fully saturated rings. The van der Waals surface area contributed by atoms with E-state index in [-0.39, 0.29) is 0 Å². The molecule has 1 unspecified atom stereocenters. The van der Waals surface area contributed by atoms with Crippen LogP contribution in [0.4, 0.5) is 11.4 Å². The first-order chi connectivity index (χ1) is 7.97. The topological polar surface area (TPSA) is 72.3 Å². The highest BCUT2D eigenvalue weighted by Crippen LogP contribution is 2.22. The molecule has 1 atom stereocenters. The Morgan fingerprint density at radius 1 is 1.53 bits per heavy atom. The molecule has 4 nitrogen and oxygen atoms in total. The maximum absolute atomic E-state index is 11.2. The number of primary amides is 1. The van der Waals surface area contributed by atoms with E-state index in [4.69, 9.17) is 11.5 Å². The molecule has 4 N–H and O–H groups in total. The average molecular weight is 253 g/mol. The highest BCUT2D eigenvalue weighted by atomic mass is 32.2. The van der Waals surface area contributed by atoms with Crippen molar-refractivity contribution in [2.45, 2.75) is 13.0 Å². The normalized spacial score (nSPS) is 12.2. The number of nitrogen functional groups attached to an aromatic ring is 1. The zero-order valence-corrected chi connectivity index (χ0v) is 11.3. The highest BCUT2D eigenvalue weighted by Gasteiger charge is 2.12. The molecule has 0 aliphatic heterocycles. The molecule has 0 aromatic heterocycles. The van der Waals surface area contributed by atoms with Crippen LogP contribution in [0.15, 0.2) is 18.2 Å². The van der Waals surface area contributed by atoms with Crippen LogP contribution in [-0.4, -0.2) is 31.0 Å². The molecule has 1 aromatic rings. The first-order valence-electron chi connectivity index (χ1n) is 5.38. The Balaban J connectivity index is 2.99. The molecule has 1 amide bonds. The summed E-state index contributed by atoms with van der Waals surface area (Å²) in [5.41, 5.74) is 12.7. The third kappa shape index (κ3) is 3.30. The van der Waals surface area contributed by atoms with E-state index in [0.717, 1.165) is 11.4 Å². The van der Waals surface area contributed by atoms with Gasteiger partial charge in [-0.25, -0.2) is 0 Å². The van der Waals surface area contributed by atoms with Crippen molar-refractivity contribution in [1.29, 1.82) is 0 Å². The largest absolute Gasteiger partial charge is 0.398 e. The number of rotatable bonds is 5. The minimum atomic E-state index is -0.490. The quantitative estimate of drug-likeness (QED) is 0.781. The van der Waals surface area contributed by atoms with Gasteiger partial charge in [0.25, 0.3) is 5.91 Å². The summed E-state index contributed by atoms with van der Waals surface area (Å²) in [6.45, 7) is 2.14. The van der Waals surface area contributed by atoms with Crippen molar-refractivity contribution in [2.75, 3.05) is 29.7 Å². The fourth-order valence-corrected chi connectivity index (χ4v) is 2.29. The van der Waals surface area contributed by atoms with Gasteiger partial charge in [0.05, 0.1) is 5.56 Å². The van der Waals surface area contributed by atoms with Crippen LogP contribution in [-0.2, 0) is 0 Å².